The number of hydrogen-bond acceptors (Lipinski definition) is 6. The molecule has 4 rings (SSSR count). The number of carbonyl (C=O) groups is 3. The first-order chi connectivity index (χ1) is 16.9. The molecule has 0 bridgehead atoms. The largest absolute Gasteiger partial charge is 0.496 e. The van der Waals surface area contributed by atoms with Gasteiger partial charge in [0, 0.05) is 35.6 Å². The van der Waals surface area contributed by atoms with E-state index < -0.39 is 17.1 Å². The zero-order valence-corrected chi connectivity index (χ0v) is 22.7. The van der Waals surface area contributed by atoms with Crippen LogP contribution in [0.1, 0.15) is 55.4 Å². The topological polar surface area (TPSA) is 79.0 Å². The summed E-state index contributed by atoms with van der Waals surface area (Å²) in [5.74, 6) is 0.0625. The van der Waals surface area contributed by atoms with Gasteiger partial charge in [-0.25, -0.2) is 0 Å². The highest BCUT2D eigenvalue weighted by molar-refractivity contribution is 8.18. The van der Waals surface area contributed by atoms with E-state index in [1.54, 1.807) is 13.2 Å². The summed E-state index contributed by atoms with van der Waals surface area (Å²) >= 11 is 0.841. The quantitative estimate of drug-likeness (QED) is 0.523. The fraction of sp³-hybridized carbons (Fsp3) is 0.393. The minimum atomic E-state index is -0.479. The Hall–Kier alpha value is -3.26. The second-order valence-electron chi connectivity index (χ2n) is 10.2. The number of hydrogen-bond donors (Lipinski definition) is 1. The van der Waals surface area contributed by atoms with Crippen LogP contribution in [-0.2, 0) is 9.59 Å². The van der Waals surface area contributed by atoms with Gasteiger partial charge < -0.3 is 15.0 Å². The Balaban J connectivity index is 1.58. The number of imide groups is 1. The Kier molecular flexibility index (Phi) is 6.92. The van der Waals surface area contributed by atoms with Crippen LogP contribution in [0.25, 0.3) is 6.08 Å². The smallest absolute Gasteiger partial charge is 0.294 e. The van der Waals surface area contributed by atoms with Crippen molar-refractivity contribution < 1.29 is 19.1 Å². The van der Waals surface area contributed by atoms with E-state index in [1.807, 2.05) is 44.2 Å². The van der Waals surface area contributed by atoms with Gasteiger partial charge in [-0.05, 0) is 80.6 Å². The number of fused-ring (bicyclic) bond motifs is 1. The number of ether oxygens (including phenoxy) is 1. The summed E-state index contributed by atoms with van der Waals surface area (Å²) < 4.78 is 5.66. The molecule has 0 spiro atoms. The molecular weight excluding hydrogens is 474 g/mol. The lowest BCUT2D eigenvalue weighted by Gasteiger charge is -2.45. The second-order valence-corrected chi connectivity index (χ2v) is 11.2. The maximum Gasteiger partial charge on any atom is 0.294 e. The third-order valence-electron chi connectivity index (χ3n) is 7.19. The standard InChI is InChI=1S/C28H33N3O4S/c1-16-9-8-10-17(2)25(16)29-24(32)15-31-26(33)23(36-27(31)34)12-19-11-20-18(3)14-28(4,5)30(6)21(20)13-22(19)35-7/h8-13,18H,14-15H2,1-7H3,(H,29,32)/b23-12+. The number of thioether (sulfide) groups is 1. The van der Waals surface area contributed by atoms with Gasteiger partial charge in [-0.1, -0.05) is 25.1 Å². The second kappa shape index (κ2) is 9.65. The van der Waals surface area contributed by atoms with Crippen LogP contribution in [-0.4, -0.2) is 48.2 Å². The minimum Gasteiger partial charge on any atom is -0.496 e. The van der Waals surface area contributed by atoms with E-state index in [9.17, 15) is 14.4 Å². The van der Waals surface area contributed by atoms with Crippen LogP contribution in [0.3, 0.4) is 0 Å². The predicted octanol–water partition coefficient (Wildman–Crippen LogP) is 5.71. The lowest BCUT2D eigenvalue weighted by atomic mass is 9.80. The third kappa shape index (κ3) is 4.74. The van der Waals surface area contributed by atoms with Crippen molar-refractivity contribution in [2.24, 2.45) is 0 Å². The molecule has 2 aromatic carbocycles. The lowest BCUT2D eigenvalue weighted by Crippen LogP contribution is -2.45. The van der Waals surface area contributed by atoms with E-state index in [0.29, 0.717) is 17.4 Å². The molecule has 2 aliphatic rings. The average molecular weight is 508 g/mol. The molecule has 7 nitrogen and oxygen atoms in total. The molecule has 1 fully saturated rings. The number of anilines is 2. The molecule has 2 aromatic rings. The van der Waals surface area contributed by atoms with Crippen molar-refractivity contribution in [3.8, 4) is 5.75 Å². The first kappa shape index (κ1) is 25.8. The third-order valence-corrected chi connectivity index (χ3v) is 8.10. The molecule has 1 N–H and O–H groups in total. The van der Waals surface area contributed by atoms with E-state index in [4.69, 9.17) is 4.74 Å². The van der Waals surface area contributed by atoms with Crippen molar-refractivity contribution in [2.75, 3.05) is 30.9 Å². The number of nitrogens with zero attached hydrogens (tertiary/aromatic N) is 2. The van der Waals surface area contributed by atoms with Crippen LogP contribution in [0.4, 0.5) is 16.2 Å². The predicted molar refractivity (Wildman–Crippen MR) is 146 cm³/mol. The molecule has 36 heavy (non-hydrogen) atoms. The number of nitrogens with one attached hydrogen (secondary N) is 1. The molecular formula is C28H33N3O4S. The number of benzene rings is 2. The van der Waals surface area contributed by atoms with Gasteiger partial charge in [0.25, 0.3) is 11.1 Å². The number of amides is 3. The number of rotatable bonds is 5. The molecule has 2 heterocycles. The summed E-state index contributed by atoms with van der Waals surface area (Å²) in [6, 6.07) is 9.76. The van der Waals surface area contributed by atoms with Crippen molar-refractivity contribution in [1.82, 2.24) is 4.90 Å². The molecule has 2 aliphatic heterocycles. The Morgan fingerprint density at radius 3 is 2.53 bits per heavy atom. The fourth-order valence-electron chi connectivity index (χ4n) is 5.01. The molecule has 190 valence electrons. The van der Waals surface area contributed by atoms with Crippen LogP contribution >= 0.6 is 11.8 Å². The zero-order chi connectivity index (χ0) is 26.4. The SMILES string of the molecule is COc1cc2c(cc1/C=C1/SC(=O)N(CC(=O)Nc3c(C)cccc3C)C1=O)C(C)CC(C)(C)N2C. The van der Waals surface area contributed by atoms with Crippen LogP contribution in [0.5, 0.6) is 5.75 Å². The van der Waals surface area contributed by atoms with Crippen LogP contribution < -0.4 is 15.0 Å². The molecule has 1 unspecified atom stereocenters. The molecule has 0 radical (unpaired) electrons. The highest BCUT2D eigenvalue weighted by atomic mass is 32.2. The summed E-state index contributed by atoms with van der Waals surface area (Å²) in [4.78, 5) is 42.0. The minimum absolute atomic E-state index is 0.0129. The van der Waals surface area contributed by atoms with Crippen molar-refractivity contribution in [2.45, 2.75) is 52.5 Å². The summed E-state index contributed by atoms with van der Waals surface area (Å²) in [6.45, 7) is 10.1. The van der Waals surface area contributed by atoms with E-state index in [2.05, 4.69) is 38.0 Å². The number of aryl methyl sites for hydroxylation is 2. The molecule has 0 saturated carbocycles. The van der Waals surface area contributed by atoms with Gasteiger partial charge in [-0.3, -0.25) is 19.3 Å². The average Bonchev–Trinajstić information content (AvgIpc) is 3.07. The van der Waals surface area contributed by atoms with Gasteiger partial charge in [0.15, 0.2) is 0 Å². The monoisotopic (exact) mass is 507 g/mol. The highest BCUT2D eigenvalue weighted by Gasteiger charge is 2.38. The van der Waals surface area contributed by atoms with Crippen LogP contribution in [0.2, 0.25) is 0 Å². The number of para-hydroxylation sites is 1. The molecule has 1 saturated heterocycles. The van der Waals surface area contributed by atoms with Crippen LogP contribution in [0.15, 0.2) is 35.2 Å². The van der Waals surface area contributed by atoms with Gasteiger partial charge in [-0.15, -0.1) is 0 Å². The summed E-state index contributed by atoms with van der Waals surface area (Å²) in [7, 11) is 3.68. The van der Waals surface area contributed by atoms with E-state index >= 15 is 0 Å². The zero-order valence-electron chi connectivity index (χ0n) is 21.9. The Morgan fingerprint density at radius 1 is 1.22 bits per heavy atom. The maximum atomic E-state index is 13.1. The van der Waals surface area contributed by atoms with Crippen molar-refractivity contribution in [3.63, 3.8) is 0 Å². The Labute approximate surface area is 216 Å². The van der Waals surface area contributed by atoms with Crippen LogP contribution in [0, 0.1) is 13.8 Å². The lowest BCUT2D eigenvalue weighted by molar-refractivity contribution is -0.127. The molecule has 3 amide bonds. The van der Waals surface area contributed by atoms with E-state index in [0.717, 1.165) is 45.5 Å². The van der Waals surface area contributed by atoms with Crippen molar-refractivity contribution >= 4 is 46.3 Å². The Bertz CT molecular complexity index is 1260. The van der Waals surface area contributed by atoms with Crippen molar-refractivity contribution in [3.05, 3.63) is 57.5 Å². The number of carbonyl (C=O) groups excluding carboxylic acids is 3. The van der Waals surface area contributed by atoms with Gasteiger partial charge in [0.1, 0.15) is 12.3 Å². The molecule has 1 atom stereocenters. The highest BCUT2D eigenvalue weighted by Crippen LogP contribution is 2.46. The fourth-order valence-corrected chi connectivity index (χ4v) is 5.84. The number of methoxy groups -OCH3 is 1. The molecule has 8 heteroatoms. The first-order valence-electron chi connectivity index (χ1n) is 12.0. The summed E-state index contributed by atoms with van der Waals surface area (Å²) in [5, 5.41) is 2.38. The van der Waals surface area contributed by atoms with Gasteiger partial charge in [0.2, 0.25) is 5.91 Å². The van der Waals surface area contributed by atoms with E-state index in [-0.39, 0.29) is 17.0 Å². The van der Waals surface area contributed by atoms with Crippen molar-refractivity contribution in [1.29, 1.82) is 0 Å². The normalized spacial score (nSPS) is 20.1. The van der Waals surface area contributed by atoms with Gasteiger partial charge in [-0.2, -0.15) is 0 Å². The molecule has 0 aromatic heterocycles. The van der Waals surface area contributed by atoms with E-state index in [1.165, 1.54) is 5.56 Å². The molecule has 0 aliphatic carbocycles. The maximum absolute atomic E-state index is 13.1. The Morgan fingerprint density at radius 2 is 1.89 bits per heavy atom. The van der Waals surface area contributed by atoms with Gasteiger partial charge >= 0.3 is 0 Å². The first-order valence-corrected chi connectivity index (χ1v) is 12.8. The summed E-state index contributed by atoms with van der Waals surface area (Å²) in [6.07, 6.45) is 2.69. The van der Waals surface area contributed by atoms with Gasteiger partial charge in [0.05, 0.1) is 12.0 Å². The summed E-state index contributed by atoms with van der Waals surface area (Å²) in [5.41, 5.74) is 5.56.